The number of rotatable bonds is 2. The van der Waals surface area contributed by atoms with Crippen LogP contribution in [0.15, 0.2) is 12.4 Å². The average molecular weight is 206 g/mol. The number of hydrogen-bond donors (Lipinski definition) is 1. The minimum atomic E-state index is -0.249. The van der Waals surface area contributed by atoms with Crippen molar-refractivity contribution in [3.05, 3.63) is 18.2 Å². The van der Waals surface area contributed by atoms with E-state index in [0.29, 0.717) is 5.92 Å². The van der Waals surface area contributed by atoms with E-state index < -0.39 is 0 Å². The highest BCUT2D eigenvalue weighted by molar-refractivity contribution is 5.85. The lowest BCUT2D eigenvalue weighted by Gasteiger charge is -2.06. The molecule has 0 unspecified atom stereocenters. The van der Waals surface area contributed by atoms with Crippen molar-refractivity contribution >= 4 is 12.4 Å². The molecule has 1 atom stereocenters. The maximum Gasteiger partial charge on any atom is 0.161 e. The van der Waals surface area contributed by atoms with Crippen LogP contribution in [0.25, 0.3) is 0 Å². The zero-order chi connectivity index (χ0) is 8.39. The Bertz CT molecular complexity index is 258. The maximum absolute atomic E-state index is 12.5. The van der Waals surface area contributed by atoms with Crippen molar-refractivity contribution < 1.29 is 4.39 Å². The predicted octanol–water partition coefficient (Wildman–Crippen LogP) is 1.05. The number of nitrogens with zero attached hydrogens (tertiary/aromatic N) is 2. The van der Waals surface area contributed by atoms with Crippen LogP contribution in [0.3, 0.4) is 0 Å². The lowest BCUT2D eigenvalue weighted by molar-refractivity contribution is 0.447. The molecule has 0 bridgehead atoms. The van der Waals surface area contributed by atoms with Gasteiger partial charge in [-0.15, -0.1) is 12.4 Å². The highest BCUT2D eigenvalue weighted by Crippen LogP contribution is 2.09. The molecule has 74 valence electrons. The minimum Gasteiger partial charge on any atom is -0.316 e. The van der Waals surface area contributed by atoms with Crippen LogP contribution in [0.4, 0.5) is 4.39 Å². The molecule has 1 aromatic heterocycles. The van der Waals surface area contributed by atoms with Crippen molar-refractivity contribution in [1.29, 1.82) is 0 Å². The molecule has 13 heavy (non-hydrogen) atoms. The zero-order valence-electron chi connectivity index (χ0n) is 7.24. The number of hydrogen-bond acceptors (Lipinski definition) is 2. The first-order valence-electron chi connectivity index (χ1n) is 4.23. The SMILES string of the molecule is Cl.Fc1cnn(C[C@@H]2CCNC2)c1. The fraction of sp³-hybridized carbons (Fsp3) is 0.625. The summed E-state index contributed by atoms with van der Waals surface area (Å²) in [6.45, 7) is 2.94. The van der Waals surface area contributed by atoms with Crippen molar-refractivity contribution in [2.75, 3.05) is 13.1 Å². The molecular weight excluding hydrogens is 193 g/mol. The van der Waals surface area contributed by atoms with Gasteiger partial charge in [-0.3, -0.25) is 4.68 Å². The molecule has 0 amide bonds. The quantitative estimate of drug-likeness (QED) is 0.783. The van der Waals surface area contributed by atoms with Gasteiger partial charge in [0.2, 0.25) is 0 Å². The molecule has 5 heteroatoms. The lowest BCUT2D eigenvalue weighted by atomic mass is 10.1. The summed E-state index contributed by atoms with van der Waals surface area (Å²) < 4.78 is 14.2. The fourth-order valence-electron chi connectivity index (χ4n) is 1.57. The van der Waals surface area contributed by atoms with Gasteiger partial charge in [0.05, 0.1) is 12.4 Å². The molecule has 0 aromatic carbocycles. The van der Waals surface area contributed by atoms with Gasteiger partial charge in [0.25, 0.3) is 0 Å². The van der Waals surface area contributed by atoms with Gasteiger partial charge < -0.3 is 5.32 Å². The fourth-order valence-corrected chi connectivity index (χ4v) is 1.57. The molecule has 2 heterocycles. The Balaban J connectivity index is 0.000000845. The molecule has 1 aromatic rings. The van der Waals surface area contributed by atoms with E-state index in [1.54, 1.807) is 4.68 Å². The van der Waals surface area contributed by atoms with Gasteiger partial charge in [0.1, 0.15) is 0 Å². The van der Waals surface area contributed by atoms with Crippen LogP contribution in [0.5, 0.6) is 0 Å². The van der Waals surface area contributed by atoms with Crippen molar-refractivity contribution in [3.8, 4) is 0 Å². The molecule has 1 aliphatic rings. The zero-order valence-corrected chi connectivity index (χ0v) is 8.06. The van der Waals surface area contributed by atoms with Gasteiger partial charge in [-0.25, -0.2) is 4.39 Å². The summed E-state index contributed by atoms with van der Waals surface area (Å²) in [4.78, 5) is 0. The van der Waals surface area contributed by atoms with E-state index in [1.807, 2.05) is 0 Å². The van der Waals surface area contributed by atoms with Crippen LogP contribution in [0.2, 0.25) is 0 Å². The summed E-state index contributed by atoms with van der Waals surface area (Å²) in [5.41, 5.74) is 0. The van der Waals surface area contributed by atoms with E-state index in [-0.39, 0.29) is 18.2 Å². The second-order valence-electron chi connectivity index (χ2n) is 3.24. The van der Waals surface area contributed by atoms with E-state index in [4.69, 9.17) is 0 Å². The molecule has 2 rings (SSSR count). The molecular formula is C8H13ClFN3. The van der Waals surface area contributed by atoms with Crippen LogP contribution < -0.4 is 5.32 Å². The first-order valence-corrected chi connectivity index (χ1v) is 4.23. The van der Waals surface area contributed by atoms with Crippen LogP contribution in [0, 0.1) is 11.7 Å². The highest BCUT2D eigenvalue weighted by Gasteiger charge is 2.14. The molecule has 1 N–H and O–H groups in total. The molecule has 1 saturated heterocycles. The molecule has 0 radical (unpaired) electrons. The van der Waals surface area contributed by atoms with Gasteiger partial charge in [0.15, 0.2) is 5.82 Å². The third-order valence-corrected chi connectivity index (χ3v) is 2.21. The van der Waals surface area contributed by atoms with E-state index >= 15 is 0 Å². The van der Waals surface area contributed by atoms with Crippen LogP contribution in [-0.4, -0.2) is 22.9 Å². The van der Waals surface area contributed by atoms with Crippen molar-refractivity contribution in [2.24, 2.45) is 5.92 Å². The van der Waals surface area contributed by atoms with Gasteiger partial charge in [0, 0.05) is 6.54 Å². The van der Waals surface area contributed by atoms with E-state index in [9.17, 15) is 4.39 Å². The second-order valence-corrected chi connectivity index (χ2v) is 3.24. The summed E-state index contributed by atoms with van der Waals surface area (Å²) in [5, 5.41) is 7.16. The van der Waals surface area contributed by atoms with E-state index in [1.165, 1.54) is 18.8 Å². The van der Waals surface area contributed by atoms with Crippen LogP contribution >= 0.6 is 12.4 Å². The molecule has 3 nitrogen and oxygen atoms in total. The second kappa shape index (κ2) is 4.58. The Kier molecular flexibility index (Phi) is 3.69. The van der Waals surface area contributed by atoms with Gasteiger partial charge in [-0.2, -0.15) is 5.10 Å². The van der Waals surface area contributed by atoms with Crippen molar-refractivity contribution in [2.45, 2.75) is 13.0 Å². The highest BCUT2D eigenvalue weighted by atomic mass is 35.5. The third-order valence-electron chi connectivity index (χ3n) is 2.21. The summed E-state index contributed by atoms with van der Waals surface area (Å²) in [7, 11) is 0. The molecule has 0 aliphatic carbocycles. The Morgan fingerprint density at radius 2 is 2.54 bits per heavy atom. The minimum absolute atomic E-state index is 0. The Morgan fingerprint density at radius 3 is 3.08 bits per heavy atom. The normalized spacial score (nSPS) is 21.5. The van der Waals surface area contributed by atoms with Crippen molar-refractivity contribution in [1.82, 2.24) is 15.1 Å². The summed E-state index contributed by atoms with van der Waals surface area (Å²) in [6, 6.07) is 0. The van der Waals surface area contributed by atoms with E-state index in [2.05, 4.69) is 10.4 Å². The topological polar surface area (TPSA) is 29.9 Å². The molecule has 0 spiro atoms. The standard InChI is InChI=1S/C8H12FN3.ClH/c9-8-4-11-12(6-8)5-7-1-2-10-3-7;/h4,6-7,10H,1-3,5H2;1H/t7-;/m1./s1. The molecule has 1 aliphatic heterocycles. The Hall–Kier alpha value is -0.610. The number of halogens is 2. The summed E-state index contributed by atoms with van der Waals surface area (Å²) in [6.07, 6.45) is 3.86. The largest absolute Gasteiger partial charge is 0.316 e. The van der Waals surface area contributed by atoms with Crippen LogP contribution in [-0.2, 0) is 6.54 Å². The number of nitrogens with one attached hydrogen (secondary N) is 1. The predicted molar refractivity (Wildman–Crippen MR) is 50.4 cm³/mol. The number of aromatic nitrogens is 2. The average Bonchev–Trinajstić information content (AvgIpc) is 2.63. The molecule has 1 fully saturated rings. The molecule has 0 saturated carbocycles. The maximum atomic E-state index is 12.5. The van der Waals surface area contributed by atoms with Crippen molar-refractivity contribution in [3.63, 3.8) is 0 Å². The lowest BCUT2D eigenvalue weighted by Crippen LogP contribution is -2.14. The van der Waals surface area contributed by atoms with E-state index in [0.717, 1.165) is 19.6 Å². The monoisotopic (exact) mass is 205 g/mol. The van der Waals surface area contributed by atoms with Gasteiger partial charge in [-0.1, -0.05) is 0 Å². The first-order chi connectivity index (χ1) is 5.84. The smallest absolute Gasteiger partial charge is 0.161 e. The van der Waals surface area contributed by atoms with Crippen LogP contribution in [0.1, 0.15) is 6.42 Å². The Labute approximate surface area is 82.7 Å². The first kappa shape index (κ1) is 10.5. The Morgan fingerprint density at radius 1 is 1.69 bits per heavy atom. The summed E-state index contributed by atoms with van der Waals surface area (Å²) >= 11 is 0. The third kappa shape index (κ3) is 2.67. The van der Waals surface area contributed by atoms with Gasteiger partial charge in [-0.05, 0) is 25.4 Å². The summed E-state index contributed by atoms with van der Waals surface area (Å²) in [5.74, 6) is 0.366. The van der Waals surface area contributed by atoms with Gasteiger partial charge >= 0.3 is 0 Å².